The molecule has 0 saturated heterocycles. The molecule has 14 aromatic carbocycles. The molecule has 0 amide bonds. The third-order valence-corrected chi connectivity index (χ3v) is 26.4. The summed E-state index contributed by atoms with van der Waals surface area (Å²) in [4.78, 5) is 4.92. The third kappa shape index (κ3) is 11.4. The number of nitrogens with zero attached hydrogens (tertiary/aromatic N) is 4. The zero-order valence-corrected chi connectivity index (χ0v) is 65.1. The summed E-state index contributed by atoms with van der Waals surface area (Å²) < 4.78 is 262. The molecule has 20 rings (SSSR count). The predicted molar refractivity (Wildman–Crippen MR) is 460 cm³/mol. The number of para-hydroxylation sites is 2. The third-order valence-electron chi connectivity index (χ3n) is 22.4. The van der Waals surface area contributed by atoms with Crippen LogP contribution in [0.3, 0.4) is 0 Å². The van der Waals surface area contributed by atoms with Crippen molar-refractivity contribution < 1.29 is 69.1 Å². The van der Waals surface area contributed by atoms with E-state index in [4.69, 9.17) is 18.3 Å². The number of aryl methyl sites for hydroxylation is 2. The number of fused-ring (bicyclic) bond motifs is 14. The number of aromatic nitrogens is 4. The summed E-state index contributed by atoms with van der Waals surface area (Å²) in [6, 6.07) is 43.3. The van der Waals surface area contributed by atoms with Gasteiger partial charge < -0.3 is 18.3 Å². The molecule has 6 nitrogen and oxygen atoms in total. The van der Waals surface area contributed by atoms with Crippen LogP contribution in [0.5, 0.6) is 11.5 Å². The Hall–Kier alpha value is -12.0. The minimum absolute atomic E-state index is 0. The topological polar surface area (TPSA) is 49.0 Å². The van der Waals surface area contributed by atoms with Gasteiger partial charge in [-0.15, -0.1) is 29.7 Å². The molecule has 0 bridgehead atoms. The smallest absolute Gasteiger partial charge is 0.268 e. The van der Waals surface area contributed by atoms with E-state index in [-0.39, 0.29) is 82.6 Å². The number of pyridine rings is 1. The molecule has 0 radical (unpaired) electrons. The molecule has 18 aromatic rings. The van der Waals surface area contributed by atoms with Crippen LogP contribution in [0.15, 0.2) is 313 Å². The van der Waals surface area contributed by atoms with Gasteiger partial charge in [-0.3, -0.25) is 4.57 Å². The number of rotatable bonds is 11. The molecule has 1 aliphatic carbocycles. The molecular formula is C104H82N4O2PtSi-2. The second kappa shape index (κ2) is 26.9. The van der Waals surface area contributed by atoms with Crippen LogP contribution in [0.25, 0.3) is 139 Å². The van der Waals surface area contributed by atoms with E-state index in [1.165, 1.54) is 18.2 Å². The molecule has 546 valence electrons. The first-order valence-electron chi connectivity index (χ1n) is 49.3. The first-order valence-corrected chi connectivity index (χ1v) is 38.8. The van der Waals surface area contributed by atoms with Gasteiger partial charge in [-0.2, -0.15) is 18.2 Å². The molecule has 0 spiro atoms. The number of hydrogen-bond acceptors (Lipinski definition) is 3. The number of hydrogen-bond donors (Lipinski definition) is 0. The molecule has 8 heteroatoms. The van der Waals surface area contributed by atoms with E-state index in [0.29, 0.717) is 78.0 Å². The van der Waals surface area contributed by atoms with Crippen LogP contribution in [0.4, 0.5) is 0 Å². The fraction of sp³-hybridized carbons (Fsp3) is 0.135. The predicted octanol–water partition coefficient (Wildman–Crippen LogP) is 23.4. The van der Waals surface area contributed by atoms with Crippen molar-refractivity contribution in [2.24, 2.45) is 0 Å². The van der Waals surface area contributed by atoms with Gasteiger partial charge >= 0.3 is 0 Å². The quantitative estimate of drug-likeness (QED) is 0.0561. The molecule has 0 N–H and O–H groups in total. The summed E-state index contributed by atoms with van der Waals surface area (Å²) in [5.41, 5.74) is 8.02. The van der Waals surface area contributed by atoms with Gasteiger partial charge in [0, 0.05) is 63.3 Å². The average Bonchev–Trinajstić information content (AvgIpc) is 1.30. The van der Waals surface area contributed by atoms with E-state index in [1.807, 2.05) is 118 Å². The Balaban J connectivity index is 0.0000120. The van der Waals surface area contributed by atoms with Crippen molar-refractivity contribution in [3.63, 3.8) is 0 Å². The van der Waals surface area contributed by atoms with Crippen molar-refractivity contribution >= 4 is 83.6 Å². The van der Waals surface area contributed by atoms with Gasteiger partial charge in [0.25, 0.3) is 6.33 Å². The van der Waals surface area contributed by atoms with Gasteiger partial charge in [0.05, 0.1) is 42.8 Å². The van der Waals surface area contributed by atoms with Gasteiger partial charge in [-0.1, -0.05) is 266 Å². The van der Waals surface area contributed by atoms with Gasteiger partial charge in [0.2, 0.25) is 0 Å². The molecule has 0 fully saturated rings. The Bertz CT molecular complexity index is 8020. The standard InChI is InChI=1S/C104H82N4O2Si.Pt/c1-66-28-25-29-67(2)99(66)71-57-85(69-46-49-97-88(55-69)84-43-22-24-45-96(84)110-97)100-90(58-71)87-64-92-91(103(6,7)51-52-104(92,8)9)63-86(87)80-40-19-20-41-81(80)89-56-70(68-30-26-39-79(54-68)111(76-33-13-10-14-34-76,77-35-15-11-16-36-77)78-37-17-12-18-38-78)59-95-101(89)107(100)65-106(95)73-31-27-32-74(61-73)109-75-47-48-83-82-42-21-23-44-93(82)108(94(83)62-75)98-60-72(50-53-105-98)102(3,4)5;/h10-50,53-60,63-64H,51-52H2,1-9H3;/q-2;/i1D3,2D3,10D,11D,12D,13D,14D,15D,16D,17D,18D,26D,30D,33D,34D,35D,36D,37D,38D,39D,54D;. The van der Waals surface area contributed by atoms with Crippen molar-refractivity contribution in [3.8, 4) is 95.5 Å². The van der Waals surface area contributed by atoms with Crippen LogP contribution in [0.1, 0.15) is 123 Å². The van der Waals surface area contributed by atoms with Crippen LogP contribution in [-0.4, -0.2) is 22.2 Å². The Morgan fingerprint density at radius 1 is 0.491 bits per heavy atom. The molecule has 0 saturated carbocycles. The maximum absolute atomic E-state index is 11.4. The maximum Gasteiger partial charge on any atom is 0.268 e. The average molecular weight is 1670 g/mol. The SMILES string of the molecule is [2H]c1c([2H])c([2H])c([Si](c2c([2H])c([2H])c([2H])c([2H])c2[2H])(c2c([2H])c([2H])c([2H])c([2H])c2[2H])c2c([2H])c([2H])c([2H])c(-c3cc4c5c(c3)n(-c3[c-]c(Oc6[c-]c7c(cc6)c6ccccc6n7-c6cc(C(C)(C)C)ccn6)ccc3)[c-][n+]5-c3c(-c5ccc6oc7ccccc7c6c5)cc(-c5c(C([2H])([2H])[2H])cccc5C([2H])([2H])[2H])cc3-c3cc5c(cc3-c3ccccc3-4)C(C)(C)CCC5(C)C)c2[2H])c([2H])c1[2H].[Pt]. The Kier molecular flexibility index (Phi) is 11.5. The van der Waals surface area contributed by atoms with Crippen molar-refractivity contribution in [1.29, 1.82) is 0 Å². The van der Waals surface area contributed by atoms with Crippen LogP contribution in [0, 0.1) is 32.2 Å². The van der Waals surface area contributed by atoms with E-state index < -0.39 is 174 Å². The molecule has 2 aliphatic rings. The van der Waals surface area contributed by atoms with Gasteiger partial charge in [0.1, 0.15) is 17.0 Å². The summed E-state index contributed by atoms with van der Waals surface area (Å²) in [7, 11) is -6.45. The molecule has 1 aliphatic heterocycles. The normalized spacial score (nSPS) is 17.0. The minimum atomic E-state index is -6.45. The van der Waals surface area contributed by atoms with Gasteiger partial charge in [-0.05, 0) is 230 Å². The molecule has 5 heterocycles. The van der Waals surface area contributed by atoms with Crippen molar-refractivity contribution in [3.05, 3.63) is 355 Å². The number of ether oxygens (including phenoxy) is 1. The first kappa shape index (κ1) is 47.9. The fourth-order valence-electron chi connectivity index (χ4n) is 16.8. The zero-order valence-electron chi connectivity index (χ0n) is 86.8. The van der Waals surface area contributed by atoms with E-state index in [1.54, 1.807) is 53.2 Å². The zero-order chi connectivity index (χ0) is 96.8. The monoisotopic (exact) mass is 1670 g/mol. The summed E-state index contributed by atoms with van der Waals surface area (Å²) in [6.07, 6.45) is 7.10. The maximum atomic E-state index is 11.4. The molecule has 112 heavy (non-hydrogen) atoms. The molecule has 0 atom stereocenters. The molecule has 0 unspecified atom stereocenters. The summed E-state index contributed by atoms with van der Waals surface area (Å²) in [5.74, 6) is 1.02. The Morgan fingerprint density at radius 3 is 1.79 bits per heavy atom. The minimum Gasteiger partial charge on any atom is -0.510 e. The molecular weight excluding hydrogens is 1560 g/mol. The van der Waals surface area contributed by atoms with E-state index >= 15 is 0 Å². The van der Waals surface area contributed by atoms with Gasteiger partial charge in [-0.25, -0.2) is 4.98 Å². The van der Waals surface area contributed by atoms with Crippen molar-refractivity contribution in [2.45, 2.75) is 91.3 Å². The first-order chi connectivity index (χ1) is 64.3. The Morgan fingerprint density at radius 2 is 1.10 bits per heavy atom. The van der Waals surface area contributed by atoms with Crippen LogP contribution < -0.4 is 30.1 Å². The van der Waals surface area contributed by atoms with E-state index in [2.05, 4.69) is 85.1 Å². The second-order valence-corrected chi connectivity index (χ2v) is 34.5. The number of benzene rings is 14. The molecule has 4 aromatic heterocycles. The van der Waals surface area contributed by atoms with Crippen LogP contribution in [0.2, 0.25) is 0 Å². The summed E-state index contributed by atoms with van der Waals surface area (Å²) in [6.45, 7) is 9.28. The van der Waals surface area contributed by atoms with E-state index in [0.717, 1.165) is 51.2 Å². The second-order valence-electron chi connectivity index (χ2n) is 31.0. The van der Waals surface area contributed by atoms with Gasteiger partial charge in [0.15, 0.2) is 8.07 Å². The van der Waals surface area contributed by atoms with Crippen LogP contribution >= 0.6 is 0 Å². The van der Waals surface area contributed by atoms with Crippen molar-refractivity contribution in [2.75, 3.05) is 0 Å². The number of furan rings is 1. The fourth-order valence-corrected chi connectivity index (χ4v) is 20.4. The Labute approximate surface area is 705 Å². The van der Waals surface area contributed by atoms with Crippen LogP contribution in [-0.2, 0) is 37.3 Å². The van der Waals surface area contributed by atoms with E-state index in [9.17, 15) is 30.2 Å². The summed E-state index contributed by atoms with van der Waals surface area (Å²) in [5, 5.41) is -0.838. The van der Waals surface area contributed by atoms with Crippen molar-refractivity contribution in [1.82, 2.24) is 14.1 Å². The largest absolute Gasteiger partial charge is 0.510 e. The number of imidazole rings is 1. The summed E-state index contributed by atoms with van der Waals surface area (Å²) >= 11 is 0.